The van der Waals surface area contributed by atoms with Gasteiger partial charge in [0.15, 0.2) is 0 Å². The van der Waals surface area contributed by atoms with E-state index in [-0.39, 0.29) is 5.92 Å². The molecule has 2 aromatic carbocycles. The Bertz CT molecular complexity index is 852. The fourth-order valence-electron chi connectivity index (χ4n) is 2.04. The standard InChI is InChI=1S/C20H21Cl2N3O3/c1-13(2)10-23-19(26)20(27)25-24-11-14-3-7-17(8-4-14)28-12-15-5-6-16(21)9-18(15)22/h3-9,11,13H,10,12H2,1-2H3,(H,23,26)(H,25,27)/b24-11-. The molecule has 0 unspecified atom stereocenters. The molecule has 0 fully saturated rings. The first-order chi connectivity index (χ1) is 13.3. The molecule has 148 valence electrons. The van der Waals surface area contributed by atoms with Crippen LogP contribution in [0.1, 0.15) is 25.0 Å². The molecule has 0 atom stereocenters. The van der Waals surface area contributed by atoms with E-state index in [1.165, 1.54) is 6.21 Å². The molecule has 0 radical (unpaired) electrons. The summed E-state index contributed by atoms with van der Waals surface area (Å²) in [4.78, 5) is 23.1. The first kappa shape index (κ1) is 21.7. The van der Waals surface area contributed by atoms with Gasteiger partial charge in [0.05, 0.1) is 6.21 Å². The summed E-state index contributed by atoms with van der Waals surface area (Å²) in [6, 6.07) is 12.3. The van der Waals surface area contributed by atoms with Gasteiger partial charge in [-0.2, -0.15) is 5.10 Å². The van der Waals surface area contributed by atoms with Gasteiger partial charge in [-0.15, -0.1) is 0 Å². The van der Waals surface area contributed by atoms with Crippen LogP contribution in [0.4, 0.5) is 0 Å². The molecule has 0 aliphatic carbocycles. The lowest BCUT2D eigenvalue weighted by Gasteiger charge is -2.08. The molecule has 0 bridgehead atoms. The number of carbonyl (C=O) groups excluding carboxylic acids is 2. The second-order valence-corrected chi connectivity index (χ2v) is 7.24. The number of hydrogen-bond acceptors (Lipinski definition) is 4. The maximum absolute atomic E-state index is 11.6. The fourth-order valence-corrected chi connectivity index (χ4v) is 2.51. The Morgan fingerprint density at radius 3 is 2.46 bits per heavy atom. The molecule has 2 rings (SSSR count). The lowest BCUT2D eigenvalue weighted by Crippen LogP contribution is -2.39. The Morgan fingerprint density at radius 2 is 1.82 bits per heavy atom. The quantitative estimate of drug-likeness (QED) is 0.405. The summed E-state index contributed by atoms with van der Waals surface area (Å²) in [5.41, 5.74) is 3.75. The summed E-state index contributed by atoms with van der Waals surface area (Å²) < 4.78 is 5.69. The minimum atomic E-state index is -0.809. The first-order valence-electron chi connectivity index (χ1n) is 8.63. The molecule has 2 N–H and O–H groups in total. The zero-order valence-corrected chi connectivity index (χ0v) is 17.1. The number of rotatable bonds is 7. The van der Waals surface area contributed by atoms with Gasteiger partial charge in [0.1, 0.15) is 12.4 Å². The third-order valence-corrected chi connectivity index (χ3v) is 4.13. The number of nitrogens with one attached hydrogen (secondary N) is 2. The van der Waals surface area contributed by atoms with Gasteiger partial charge in [-0.05, 0) is 47.9 Å². The van der Waals surface area contributed by atoms with E-state index in [1.54, 1.807) is 36.4 Å². The van der Waals surface area contributed by atoms with Gasteiger partial charge in [-0.1, -0.05) is 43.1 Å². The monoisotopic (exact) mass is 421 g/mol. The molecule has 2 aromatic rings. The first-order valence-corrected chi connectivity index (χ1v) is 9.38. The summed E-state index contributed by atoms with van der Waals surface area (Å²) in [5.74, 6) is -0.607. The molecular formula is C20H21Cl2N3O3. The van der Waals surface area contributed by atoms with Crippen LogP contribution < -0.4 is 15.5 Å². The van der Waals surface area contributed by atoms with Crippen molar-refractivity contribution in [2.45, 2.75) is 20.5 Å². The number of hydrazone groups is 1. The van der Waals surface area contributed by atoms with Crippen LogP contribution in [0.15, 0.2) is 47.6 Å². The zero-order valence-electron chi connectivity index (χ0n) is 15.5. The van der Waals surface area contributed by atoms with Crippen molar-refractivity contribution < 1.29 is 14.3 Å². The molecule has 0 heterocycles. The molecule has 28 heavy (non-hydrogen) atoms. The highest BCUT2D eigenvalue weighted by Gasteiger charge is 2.12. The number of nitrogens with zero attached hydrogens (tertiary/aromatic N) is 1. The third-order valence-electron chi connectivity index (χ3n) is 3.55. The van der Waals surface area contributed by atoms with Gasteiger partial charge in [0.25, 0.3) is 0 Å². The van der Waals surface area contributed by atoms with E-state index in [2.05, 4.69) is 15.8 Å². The van der Waals surface area contributed by atoms with Crippen LogP contribution in [0.5, 0.6) is 5.75 Å². The normalized spacial score (nSPS) is 10.9. The van der Waals surface area contributed by atoms with E-state index in [4.69, 9.17) is 27.9 Å². The van der Waals surface area contributed by atoms with E-state index in [9.17, 15) is 9.59 Å². The molecule has 2 amide bonds. The van der Waals surface area contributed by atoms with Gasteiger partial charge in [0.2, 0.25) is 0 Å². The number of amides is 2. The molecule has 0 aliphatic rings. The molecule has 0 spiro atoms. The van der Waals surface area contributed by atoms with E-state index < -0.39 is 11.8 Å². The zero-order chi connectivity index (χ0) is 20.5. The minimum absolute atomic E-state index is 0.261. The highest BCUT2D eigenvalue weighted by molar-refractivity contribution is 6.35. The maximum Gasteiger partial charge on any atom is 0.329 e. The lowest BCUT2D eigenvalue weighted by atomic mass is 10.2. The fraction of sp³-hybridized carbons (Fsp3) is 0.250. The van der Waals surface area contributed by atoms with Crippen LogP contribution in [-0.4, -0.2) is 24.6 Å². The second kappa shape index (κ2) is 10.7. The molecule has 0 aromatic heterocycles. The van der Waals surface area contributed by atoms with Crippen molar-refractivity contribution in [2.75, 3.05) is 6.54 Å². The molecule has 8 heteroatoms. The number of halogens is 2. The van der Waals surface area contributed by atoms with Crippen LogP contribution >= 0.6 is 23.2 Å². The minimum Gasteiger partial charge on any atom is -0.489 e. The van der Waals surface area contributed by atoms with E-state index in [0.717, 1.165) is 11.1 Å². The molecule has 6 nitrogen and oxygen atoms in total. The van der Waals surface area contributed by atoms with E-state index in [0.29, 0.717) is 28.9 Å². The topological polar surface area (TPSA) is 79.8 Å². The Balaban J connectivity index is 1.82. The number of carbonyl (C=O) groups is 2. The molecule has 0 aliphatic heterocycles. The van der Waals surface area contributed by atoms with Crippen LogP contribution in [0.2, 0.25) is 10.0 Å². The highest BCUT2D eigenvalue weighted by Crippen LogP contribution is 2.22. The second-order valence-electron chi connectivity index (χ2n) is 6.40. The molecular weight excluding hydrogens is 401 g/mol. The number of hydrogen-bond donors (Lipinski definition) is 2. The van der Waals surface area contributed by atoms with Crippen molar-refractivity contribution in [1.29, 1.82) is 0 Å². The Morgan fingerprint density at radius 1 is 1.11 bits per heavy atom. The summed E-state index contributed by atoms with van der Waals surface area (Å²) in [6.07, 6.45) is 1.44. The highest BCUT2D eigenvalue weighted by atomic mass is 35.5. The van der Waals surface area contributed by atoms with Gasteiger partial charge in [-0.25, -0.2) is 5.43 Å². The largest absolute Gasteiger partial charge is 0.489 e. The number of benzene rings is 2. The van der Waals surface area contributed by atoms with Crippen LogP contribution in [-0.2, 0) is 16.2 Å². The van der Waals surface area contributed by atoms with Crippen LogP contribution in [0.3, 0.4) is 0 Å². The van der Waals surface area contributed by atoms with Gasteiger partial charge in [0, 0.05) is 22.2 Å². The van der Waals surface area contributed by atoms with Crippen molar-refractivity contribution >= 4 is 41.2 Å². The van der Waals surface area contributed by atoms with Crippen molar-refractivity contribution in [2.24, 2.45) is 11.0 Å². The van der Waals surface area contributed by atoms with Crippen molar-refractivity contribution in [3.05, 3.63) is 63.6 Å². The summed E-state index contributed by atoms with van der Waals surface area (Å²) >= 11 is 12.0. The average molecular weight is 422 g/mol. The SMILES string of the molecule is CC(C)CNC(=O)C(=O)N/N=C\c1ccc(OCc2ccc(Cl)cc2Cl)cc1. The van der Waals surface area contributed by atoms with Crippen molar-refractivity contribution in [3.63, 3.8) is 0 Å². The van der Waals surface area contributed by atoms with E-state index >= 15 is 0 Å². The summed E-state index contributed by atoms with van der Waals surface area (Å²) in [5, 5.41) is 7.41. The predicted octanol–water partition coefficient (Wildman–Crippen LogP) is 3.79. The van der Waals surface area contributed by atoms with Crippen LogP contribution in [0.25, 0.3) is 0 Å². The Kier molecular flexibility index (Phi) is 8.29. The van der Waals surface area contributed by atoms with Gasteiger partial charge < -0.3 is 10.1 Å². The van der Waals surface area contributed by atoms with Gasteiger partial charge >= 0.3 is 11.8 Å². The Labute approximate surface area is 173 Å². The molecule has 0 saturated carbocycles. The van der Waals surface area contributed by atoms with Crippen molar-refractivity contribution in [3.8, 4) is 5.75 Å². The van der Waals surface area contributed by atoms with E-state index in [1.807, 2.05) is 19.9 Å². The van der Waals surface area contributed by atoms with Crippen LogP contribution in [0, 0.1) is 5.92 Å². The third kappa shape index (κ3) is 7.21. The smallest absolute Gasteiger partial charge is 0.329 e. The number of ether oxygens (including phenoxy) is 1. The summed E-state index contributed by atoms with van der Waals surface area (Å²) in [6.45, 7) is 4.62. The lowest BCUT2D eigenvalue weighted by molar-refractivity contribution is -0.139. The predicted molar refractivity (Wildman–Crippen MR) is 111 cm³/mol. The average Bonchev–Trinajstić information content (AvgIpc) is 2.66. The molecule has 0 saturated heterocycles. The van der Waals surface area contributed by atoms with Crippen molar-refractivity contribution in [1.82, 2.24) is 10.7 Å². The van der Waals surface area contributed by atoms with Gasteiger partial charge in [-0.3, -0.25) is 9.59 Å². The summed E-state index contributed by atoms with van der Waals surface area (Å²) in [7, 11) is 0. The Hall–Kier alpha value is -2.57. The maximum atomic E-state index is 11.6.